The second-order valence-corrected chi connectivity index (χ2v) is 4.59. The van der Waals surface area contributed by atoms with Gasteiger partial charge < -0.3 is 5.73 Å². The summed E-state index contributed by atoms with van der Waals surface area (Å²) in [6.45, 7) is 0. The average molecular weight is 255 g/mol. The number of rotatable bonds is 2. The molecule has 1 fully saturated rings. The summed E-state index contributed by atoms with van der Waals surface area (Å²) in [7, 11) is -3.30. The van der Waals surface area contributed by atoms with E-state index < -0.39 is 22.8 Å². The molecule has 10 heteroatoms. The van der Waals surface area contributed by atoms with Crippen LogP contribution in [0.4, 0.5) is 4.79 Å². The van der Waals surface area contributed by atoms with E-state index in [1.807, 2.05) is 0 Å². The highest BCUT2D eigenvalue weighted by molar-refractivity contribution is 8.24. The topological polar surface area (TPSA) is 101 Å². The molecule has 0 spiro atoms. The number of primary amides is 1. The maximum absolute atomic E-state index is 11.1. The van der Waals surface area contributed by atoms with E-state index >= 15 is 0 Å². The van der Waals surface area contributed by atoms with E-state index in [2.05, 4.69) is 12.2 Å². The van der Waals surface area contributed by atoms with E-state index in [9.17, 15) is 18.0 Å². The number of thioether (sulfide) groups is 1. The molecule has 0 bridgehead atoms. The van der Waals surface area contributed by atoms with Crippen LogP contribution in [0.5, 0.6) is 0 Å². The van der Waals surface area contributed by atoms with Gasteiger partial charge in [-0.25, -0.2) is 13.2 Å². The summed E-state index contributed by atoms with van der Waals surface area (Å²) < 4.78 is 21.4. The zero-order valence-corrected chi connectivity index (χ0v) is 9.10. The molecule has 7 nitrogen and oxygen atoms in total. The predicted octanol–water partition coefficient (Wildman–Crippen LogP) is -1.33. The van der Waals surface area contributed by atoms with Crippen molar-refractivity contribution in [1.82, 2.24) is 9.42 Å². The average Bonchev–Trinajstić information content (AvgIpc) is 2.34. The molecule has 0 saturated carbocycles. The third kappa shape index (κ3) is 1.96. The molecule has 0 aliphatic carbocycles. The monoisotopic (exact) mass is 255 g/mol. The molecule has 1 rings (SSSR count). The summed E-state index contributed by atoms with van der Waals surface area (Å²) in [5, 5.41) is 0.577. The van der Waals surface area contributed by atoms with Crippen LogP contribution in [0.15, 0.2) is 0 Å². The van der Waals surface area contributed by atoms with E-state index in [0.717, 1.165) is 11.8 Å². The number of thiol groups is 1. The van der Waals surface area contributed by atoms with Crippen LogP contribution >= 0.6 is 24.0 Å². The van der Waals surface area contributed by atoms with Gasteiger partial charge in [0.15, 0.2) is 4.32 Å². The number of carbonyl (C=O) groups excluding carboxylic acids is 2. The van der Waals surface area contributed by atoms with Gasteiger partial charge in [-0.1, -0.05) is 24.0 Å². The van der Waals surface area contributed by atoms with Gasteiger partial charge in [-0.15, -0.1) is 4.41 Å². The summed E-state index contributed by atoms with van der Waals surface area (Å²) in [6, 6.07) is -1.26. The molecule has 0 unspecified atom stereocenters. The van der Waals surface area contributed by atoms with Crippen molar-refractivity contribution >= 4 is 51.1 Å². The van der Waals surface area contributed by atoms with Crippen LogP contribution < -0.4 is 5.73 Å². The number of carbonyl (C=O) groups is 2. The fraction of sp³-hybridized carbons (Fsp3) is 0.250. The van der Waals surface area contributed by atoms with Gasteiger partial charge >= 0.3 is 6.03 Å². The van der Waals surface area contributed by atoms with Crippen molar-refractivity contribution in [2.45, 2.75) is 0 Å². The van der Waals surface area contributed by atoms with Gasteiger partial charge in [0.25, 0.3) is 5.91 Å². The van der Waals surface area contributed by atoms with Crippen molar-refractivity contribution < 1.29 is 18.0 Å². The van der Waals surface area contributed by atoms with E-state index in [-0.39, 0.29) is 14.5 Å². The van der Waals surface area contributed by atoms with Crippen LogP contribution in [0, 0.1) is 0 Å². The predicted molar refractivity (Wildman–Crippen MR) is 53.6 cm³/mol. The molecule has 1 aliphatic rings. The zero-order valence-electron chi connectivity index (χ0n) is 6.58. The lowest BCUT2D eigenvalue weighted by atomic mass is 10.7. The number of urea groups is 1. The lowest BCUT2D eigenvalue weighted by Crippen LogP contribution is -2.50. The van der Waals surface area contributed by atoms with Gasteiger partial charge in [0.1, 0.15) is 0 Å². The molecule has 0 aromatic carbocycles. The summed E-state index contributed by atoms with van der Waals surface area (Å²) >= 11 is 5.65. The van der Waals surface area contributed by atoms with E-state index in [1.165, 1.54) is 0 Å². The van der Waals surface area contributed by atoms with Crippen LogP contribution in [0.25, 0.3) is 0 Å². The Labute approximate surface area is 90.3 Å². The Kier molecular flexibility index (Phi) is 3.29. The highest BCUT2D eigenvalue weighted by Crippen LogP contribution is 2.21. The van der Waals surface area contributed by atoms with Crippen molar-refractivity contribution in [3.63, 3.8) is 0 Å². The van der Waals surface area contributed by atoms with Crippen LogP contribution in [0.2, 0.25) is 0 Å². The quantitative estimate of drug-likeness (QED) is 0.468. The number of nitrogens with zero attached hydrogens (tertiary/aromatic N) is 2. The van der Waals surface area contributed by atoms with Gasteiger partial charge in [-0.05, 0) is 0 Å². The third-order valence-electron chi connectivity index (χ3n) is 1.27. The summed E-state index contributed by atoms with van der Waals surface area (Å²) in [4.78, 5) is 21.9. The Morgan fingerprint density at radius 2 is 2.21 bits per heavy atom. The first kappa shape index (κ1) is 11.2. The smallest absolute Gasteiger partial charge is 0.348 e. The molecular weight excluding hydrogens is 250 g/mol. The molecule has 78 valence electrons. The standard InChI is InChI=1S/C4H5N3O4S3/c5-3(9)7(14(10)11)6-2(8)1-13-4(6)12/h14H,1H2,(H2,5,9). The van der Waals surface area contributed by atoms with Crippen molar-refractivity contribution in [2.24, 2.45) is 5.73 Å². The van der Waals surface area contributed by atoms with E-state index in [0.29, 0.717) is 5.01 Å². The number of nitrogens with two attached hydrogens (primary N) is 1. The van der Waals surface area contributed by atoms with E-state index in [4.69, 9.17) is 5.73 Å². The Hall–Kier alpha value is -0.870. The molecule has 1 heterocycles. The highest BCUT2D eigenvalue weighted by Gasteiger charge is 2.35. The summed E-state index contributed by atoms with van der Waals surface area (Å²) in [6.07, 6.45) is 0. The third-order valence-corrected chi connectivity index (χ3v) is 3.29. The normalized spacial score (nSPS) is 16.5. The molecule has 1 aliphatic heterocycles. The Bertz CT molecular complexity index is 354. The van der Waals surface area contributed by atoms with Crippen LogP contribution in [-0.4, -0.2) is 39.9 Å². The number of amides is 3. The second kappa shape index (κ2) is 4.11. The fourth-order valence-corrected chi connectivity index (χ4v) is 2.44. The van der Waals surface area contributed by atoms with Crippen LogP contribution in [-0.2, 0) is 15.7 Å². The van der Waals surface area contributed by atoms with E-state index in [1.54, 1.807) is 0 Å². The number of thiocarbonyl (C=S) groups is 1. The van der Waals surface area contributed by atoms with Gasteiger partial charge in [0.2, 0.25) is 10.9 Å². The summed E-state index contributed by atoms with van der Waals surface area (Å²) in [5.41, 5.74) is 4.78. The molecule has 0 atom stereocenters. The zero-order chi connectivity index (χ0) is 10.9. The van der Waals surface area contributed by atoms with Crippen molar-refractivity contribution in [3.8, 4) is 0 Å². The highest BCUT2D eigenvalue weighted by atomic mass is 32.2. The Balaban J connectivity index is 3.04. The molecule has 0 aromatic rings. The molecule has 3 amide bonds. The molecule has 0 radical (unpaired) electrons. The minimum Gasteiger partial charge on any atom is -0.349 e. The van der Waals surface area contributed by atoms with Gasteiger partial charge in [-0.3, -0.25) is 4.79 Å². The van der Waals surface area contributed by atoms with Crippen LogP contribution in [0.3, 0.4) is 0 Å². The largest absolute Gasteiger partial charge is 0.349 e. The van der Waals surface area contributed by atoms with Crippen molar-refractivity contribution in [3.05, 3.63) is 0 Å². The van der Waals surface area contributed by atoms with Crippen molar-refractivity contribution in [2.75, 3.05) is 5.75 Å². The summed E-state index contributed by atoms with van der Waals surface area (Å²) in [5.74, 6) is -0.579. The maximum Gasteiger partial charge on any atom is 0.348 e. The lowest BCUT2D eigenvalue weighted by molar-refractivity contribution is -0.128. The first-order valence-corrected chi connectivity index (χ1v) is 5.71. The van der Waals surface area contributed by atoms with Gasteiger partial charge in [0.05, 0.1) is 5.75 Å². The lowest BCUT2D eigenvalue weighted by Gasteiger charge is -2.22. The molecule has 2 N–H and O–H groups in total. The molecule has 1 saturated heterocycles. The number of hydrazine groups is 1. The van der Waals surface area contributed by atoms with Crippen molar-refractivity contribution in [1.29, 1.82) is 0 Å². The SMILES string of the molecule is NC(=O)N(N1C(=O)CSC1=S)[SH](=O)=O. The van der Waals surface area contributed by atoms with Gasteiger partial charge in [-0.2, -0.15) is 5.01 Å². The molecule has 0 aromatic heterocycles. The Morgan fingerprint density at radius 3 is 2.50 bits per heavy atom. The molecule has 14 heavy (non-hydrogen) atoms. The second-order valence-electron chi connectivity index (χ2n) is 2.13. The maximum atomic E-state index is 11.1. The molecular formula is C4H5N3O4S3. The first-order valence-electron chi connectivity index (χ1n) is 3.18. The fourth-order valence-electron chi connectivity index (χ4n) is 0.783. The minimum absolute atomic E-state index is 0.00574. The van der Waals surface area contributed by atoms with Crippen LogP contribution in [0.1, 0.15) is 0 Å². The van der Waals surface area contributed by atoms with Gasteiger partial charge in [0, 0.05) is 0 Å². The minimum atomic E-state index is -3.30. The number of hydrogen-bond donors (Lipinski definition) is 2. The first-order chi connectivity index (χ1) is 6.45. The number of hydrogen-bond acceptors (Lipinski definition) is 6. The Morgan fingerprint density at radius 1 is 1.64 bits per heavy atom.